The summed E-state index contributed by atoms with van der Waals surface area (Å²) in [6, 6.07) is 6.30. The van der Waals surface area contributed by atoms with Crippen molar-refractivity contribution in [3.63, 3.8) is 0 Å². The molecule has 0 bridgehead atoms. The largest absolute Gasteiger partial charge is 0.508 e. The van der Waals surface area contributed by atoms with Crippen molar-refractivity contribution in [3.05, 3.63) is 47.7 Å². The van der Waals surface area contributed by atoms with E-state index >= 15 is 4.39 Å². The molecule has 3 fully saturated rings. The number of nitrogens with one attached hydrogen (secondary N) is 1. The predicted molar refractivity (Wildman–Crippen MR) is 159 cm³/mol. The van der Waals surface area contributed by atoms with Crippen LogP contribution in [0.4, 0.5) is 14.6 Å². The molecule has 4 aromatic rings. The molecular weight excluding hydrogens is 538 g/mol. The smallest absolute Gasteiger partial charge is 0.319 e. The molecule has 42 heavy (non-hydrogen) atoms. The molecule has 0 radical (unpaired) electrons. The number of hydrogen-bond donors (Lipinski definition) is 2. The van der Waals surface area contributed by atoms with Gasteiger partial charge in [0, 0.05) is 31.4 Å². The highest BCUT2D eigenvalue weighted by molar-refractivity contribution is 6.01. The number of fused-ring (bicyclic) bond motifs is 3. The summed E-state index contributed by atoms with van der Waals surface area (Å²) < 4.78 is 37.9. The summed E-state index contributed by atoms with van der Waals surface area (Å²) in [5, 5.41) is 15.5. The van der Waals surface area contributed by atoms with E-state index in [0.29, 0.717) is 46.1 Å². The standard InChI is InChI=1S/C32H36F2N6O2/c1-3-22-25(33)7-6-19-14-21(41)15-23(26(19)22)28-27(34)29-24(17-36-28)30(39(2)20-8-11-35-16-20)38-31(37-29)42-18-32-9-4-12-40(32)13-5-10-32/h6-7,14-15,17,20,35,41H,3-5,8-13,16,18H2,1-2H3. The Kier molecular flexibility index (Phi) is 6.85. The van der Waals surface area contributed by atoms with Gasteiger partial charge in [0.05, 0.1) is 10.9 Å². The van der Waals surface area contributed by atoms with Crippen LogP contribution < -0.4 is 15.0 Å². The number of benzene rings is 2. The summed E-state index contributed by atoms with van der Waals surface area (Å²) >= 11 is 0. The number of aryl methyl sites for hydroxylation is 1. The van der Waals surface area contributed by atoms with Gasteiger partial charge in [-0.1, -0.05) is 13.0 Å². The number of aromatic hydroxyl groups is 1. The molecule has 2 aromatic heterocycles. The minimum atomic E-state index is -0.654. The number of phenols is 1. The van der Waals surface area contributed by atoms with Crippen molar-refractivity contribution < 1.29 is 18.6 Å². The number of hydrogen-bond acceptors (Lipinski definition) is 8. The van der Waals surface area contributed by atoms with Gasteiger partial charge in [-0.2, -0.15) is 9.97 Å². The summed E-state index contributed by atoms with van der Waals surface area (Å²) in [5.74, 6) is -0.517. The van der Waals surface area contributed by atoms with E-state index in [9.17, 15) is 9.50 Å². The van der Waals surface area contributed by atoms with Gasteiger partial charge in [-0.3, -0.25) is 9.88 Å². The molecule has 10 heteroatoms. The van der Waals surface area contributed by atoms with Crippen LogP contribution in [0, 0.1) is 11.6 Å². The van der Waals surface area contributed by atoms with Crippen LogP contribution >= 0.6 is 0 Å². The van der Waals surface area contributed by atoms with E-state index in [1.54, 1.807) is 18.3 Å². The fourth-order valence-corrected chi connectivity index (χ4v) is 7.38. The molecule has 3 aliphatic heterocycles. The van der Waals surface area contributed by atoms with E-state index in [1.807, 2.05) is 14.0 Å². The first-order chi connectivity index (χ1) is 20.4. The molecule has 5 heterocycles. The van der Waals surface area contributed by atoms with E-state index in [4.69, 9.17) is 9.72 Å². The predicted octanol–water partition coefficient (Wildman–Crippen LogP) is 5.20. The van der Waals surface area contributed by atoms with Crippen molar-refractivity contribution in [3.8, 4) is 23.0 Å². The third-order valence-electron chi connectivity index (χ3n) is 9.60. The molecule has 7 rings (SSSR count). The summed E-state index contributed by atoms with van der Waals surface area (Å²) in [5.41, 5.74) is 0.851. The lowest BCUT2D eigenvalue weighted by Gasteiger charge is -2.31. The quantitative estimate of drug-likeness (QED) is 0.312. The highest BCUT2D eigenvalue weighted by atomic mass is 19.1. The van der Waals surface area contributed by atoms with Gasteiger partial charge in [0.2, 0.25) is 0 Å². The molecule has 0 aliphatic carbocycles. The van der Waals surface area contributed by atoms with Gasteiger partial charge in [-0.15, -0.1) is 0 Å². The van der Waals surface area contributed by atoms with Crippen molar-refractivity contribution in [1.82, 2.24) is 25.2 Å². The Morgan fingerprint density at radius 1 is 1.17 bits per heavy atom. The van der Waals surface area contributed by atoms with Gasteiger partial charge >= 0.3 is 6.01 Å². The van der Waals surface area contributed by atoms with Gasteiger partial charge in [-0.05, 0) is 92.7 Å². The molecule has 3 saturated heterocycles. The highest BCUT2D eigenvalue weighted by Crippen LogP contribution is 2.41. The van der Waals surface area contributed by atoms with Crippen LogP contribution in [0.3, 0.4) is 0 Å². The van der Waals surface area contributed by atoms with E-state index < -0.39 is 5.82 Å². The number of pyridine rings is 1. The molecular formula is C32H36F2N6O2. The Balaban J connectivity index is 1.38. The first-order valence-electron chi connectivity index (χ1n) is 15.0. The third-order valence-corrected chi connectivity index (χ3v) is 9.60. The number of anilines is 1. The van der Waals surface area contributed by atoms with Crippen molar-refractivity contribution in [2.75, 3.05) is 44.7 Å². The van der Waals surface area contributed by atoms with Crippen LogP contribution in [0.15, 0.2) is 30.5 Å². The maximum absolute atomic E-state index is 16.7. The summed E-state index contributed by atoms with van der Waals surface area (Å²) in [6.07, 6.45) is 7.36. The second-order valence-corrected chi connectivity index (χ2v) is 11.9. The Morgan fingerprint density at radius 2 is 1.98 bits per heavy atom. The lowest BCUT2D eigenvalue weighted by atomic mass is 9.94. The van der Waals surface area contributed by atoms with Crippen LogP contribution in [-0.4, -0.2) is 76.4 Å². The summed E-state index contributed by atoms with van der Waals surface area (Å²) in [7, 11) is 1.96. The molecule has 220 valence electrons. The lowest BCUT2D eigenvalue weighted by molar-refractivity contribution is 0.108. The number of rotatable bonds is 7. The van der Waals surface area contributed by atoms with Crippen LogP contribution in [-0.2, 0) is 6.42 Å². The number of phenolic OH excluding ortho intramolecular Hbond substituents is 1. The molecule has 1 unspecified atom stereocenters. The normalized spacial score (nSPS) is 20.0. The number of ether oxygens (including phenoxy) is 1. The van der Waals surface area contributed by atoms with Crippen LogP contribution in [0.25, 0.3) is 32.9 Å². The minimum Gasteiger partial charge on any atom is -0.508 e. The highest BCUT2D eigenvalue weighted by Gasteiger charge is 2.45. The van der Waals surface area contributed by atoms with Crippen molar-refractivity contribution >= 4 is 27.5 Å². The molecule has 1 atom stereocenters. The molecule has 2 N–H and O–H groups in total. The van der Waals surface area contributed by atoms with Crippen LogP contribution in [0.2, 0.25) is 0 Å². The maximum atomic E-state index is 16.7. The number of halogens is 2. The number of aromatic nitrogens is 3. The van der Waals surface area contributed by atoms with Crippen LogP contribution in [0.5, 0.6) is 11.8 Å². The van der Waals surface area contributed by atoms with Gasteiger partial charge in [0.15, 0.2) is 5.82 Å². The second-order valence-electron chi connectivity index (χ2n) is 11.9. The van der Waals surface area contributed by atoms with Crippen molar-refractivity contribution in [2.24, 2.45) is 0 Å². The zero-order chi connectivity index (χ0) is 29.0. The average Bonchev–Trinajstić information content (AvgIpc) is 3.74. The lowest BCUT2D eigenvalue weighted by Crippen LogP contribution is -2.43. The minimum absolute atomic E-state index is 0.000779. The van der Waals surface area contributed by atoms with Crippen molar-refractivity contribution in [1.29, 1.82) is 0 Å². The molecule has 3 aliphatic rings. The number of nitrogens with zero attached hydrogens (tertiary/aromatic N) is 5. The fraction of sp³-hybridized carbons (Fsp3) is 0.469. The first-order valence-corrected chi connectivity index (χ1v) is 15.0. The summed E-state index contributed by atoms with van der Waals surface area (Å²) in [6.45, 7) is 6.16. The van der Waals surface area contributed by atoms with E-state index in [-0.39, 0.29) is 40.4 Å². The third kappa shape index (κ3) is 4.43. The Bertz CT molecular complexity index is 1660. The maximum Gasteiger partial charge on any atom is 0.319 e. The van der Waals surface area contributed by atoms with Gasteiger partial charge in [-0.25, -0.2) is 8.78 Å². The Hall–Kier alpha value is -3.63. The average molecular weight is 575 g/mol. The number of likely N-dealkylation sites (N-methyl/N-ethyl adjacent to an activating group) is 1. The zero-order valence-corrected chi connectivity index (χ0v) is 24.1. The topological polar surface area (TPSA) is 86.6 Å². The van der Waals surface area contributed by atoms with Gasteiger partial charge in [0.1, 0.15) is 35.2 Å². The monoisotopic (exact) mass is 574 g/mol. The molecule has 0 spiro atoms. The first kappa shape index (κ1) is 27.2. The van der Waals surface area contributed by atoms with Gasteiger partial charge < -0.3 is 20.1 Å². The Labute approximate surface area is 243 Å². The zero-order valence-electron chi connectivity index (χ0n) is 24.1. The molecule has 2 aromatic carbocycles. The SMILES string of the molecule is CCc1c(F)ccc2cc(O)cc(-c3ncc4c(N(C)C5CCNC5)nc(OCC56CCCN5CCC6)nc4c3F)c12. The molecule has 0 saturated carbocycles. The Morgan fingerprint density at radius 3 is 2.71 bits per heavy atom. The van der Waals surface area contributed by atoms with E-state index in [0.717, 1.165) is 58.3 Å². The fourth-order valence-electron chi connectivity index (χ4n) is 7.38. The summed E-state index contributed by atoms with van der Waals surface area (Å²) in [4.78, 5) is 18.5. The van der Waals surface area contributed by atoms with E-state index in [2.05, 4.69) is 25.1 Å². The molecule has 8 nitrogen and oxygen atoms in total. The second kappa shape index (κ2) is 10.6. The van der Waals surface area contributed by atoms with Crippen LogP contribution in [0.1, 0.15) is 44.6 Å². The van der Waals surface area contributed by atoms with E-state index in [1.165, 1.54) is 12.1 Å². The van der Waals surface area contributed by atoms with Gasteiger partial charge in [0.25, 0.3) is 0 Å². The van der Waals surface area contributed by atoms with Crippen molar-refractivity contribution in [2.45, 2.75) is 57.0 Å². The molecule has 0 amide bonds.